The van der Waals surface area contributed by atoms with E-state index in [2.05, 4.69) is 9.89 Å². The van der Waals surface area contributed by atoms with E-state index in [-0.39, 0.29) is 0 Å². The number of methoxy groups -OCH3 is 1. The van der Waals surface area contributed by atoms with Crippen LogP contribution in [0.5, 0.6) is 0 Å². The molecule has 2 rings (SSSR count). The van der Waals surface area contributed by atoms with E-state index >= 15 is 0 Å². The summed E-state index contributed by atoms with van der Waals surface area (Å²) in [4.78, 5) is 12.1. The second-order valence-corrected chi connectivity index (χ2v) is 4.87. The molecule has 0 spiro atoms. The average Bonchev–Trinajstić information content (AvgIpc) is 2.81. The first-order valence-corrected chi connectivity index (χ1v) is 6.51. The van der Waals surface area contributed by atoms with E-state index in [1.807, 2.05) is 0 Å². The number of benzene rings is 1. The molecule has 0 atom stereocenters. The molecule has 6 heteroatoms. The average molecular weight is 281 g/mol. The van der Waals surface area contributed by atoms with Gasteiger partial charge in [-0.05, 0) is 25.1 Å². The van der Waals surface area contributed by atoms with E-state index in [9.17, 15) is 9.18 Å². The highest BCUT2D eigenvalue weighted by Crippen LogP contribution is 2.27. The quantitative estimate of drug-likeness (QED) is 0.636. The molecule has 100 valence electrons. The number of thioether (sulfide) groups is 1. The molecule has 4 nitrogen and oxygen atoms in total. The van der Waals surface area contributed by atoms with Crippen LogP contribution < -0.4 is 0 Å². The van der Waals surface area contributed by atoms with Gasteiger partial charge in [-0.3, -0.25) is 0 Å². The van der Waals surface area contributed by atoms with Crippen LogP contribution >= 0.6 is 11.8 Å². The number of esters is 1. The molecule has 19 heavy (non-hydrogen) atoms. The maximum absolute atomic E-state index is 13.2. The molecule has 0 radical (unpaired) electrons. The Morgan fingerprint density at radius 2 is 2.26 bits per heavy atom. The molecule has 0 aliphatic carbocycles. The van der Waals surface area contributed by atoms with Crippen LogP contribution in [0.15, 0.2) is 33.7 Å². The highest BCUT2D eigenvalue weighted by atomic mass is 32.2. The minimum absolute atomic E-state index is 0.342. The van der Waals surface area contributed by atoms with E-state index in [1.165, 1.54) is 37.1 Å². The fourth-order valence-electron chi connectivity index (χ4n) is 1.53. The lowest BCUT2D eigenvalue weighted by atomic mass is 10.2. The summed E-state index contributed by atoms with van der Waals surface area (Å²) in [6.07, 6.45) is 0. The Bertz CT molecular complexity index is 597. The lowest BCUT2D eigenvalue weighted by Gasteiger charge is -2.06. The Balaban J connectivity index is 2.18. The van der Waals surface area contributed by atoms with Crippen molar-refractivity contribution < 1.29 is 18.4 Å². The summed E-state index contributed by atoms with van der Waals surface area (Å²) in [6, 6.07) is 5.75. The molecule has 0 N–H and O–H groups in total. The standard InChI is InChI=1S/C13H12FNO3S/c1-8-5-10(15-18-8)7-19-12-6-9(14)3-4-11(12)13(16)17-2/h3-6H,7H2,1-2H3. The predicted octanol–water partition coefficient (Wildman–Crippen LogP) is 3.20. The van der Waals surface area contributed by atoms with Gasteiger partial charge in [0.05, 0.1) is 18.4 Å². The zero-order chi connectivity index (χ0) is 13.8. The molecular weight excluding hydrogens is 269 g/mol. The largest absolute Gasteiger partial charge is 0.465 e. The number of carbonyl (C=O) groups is 1. The number of hydrogen-bond donors (Lipinski definition) is 0. The van der Waals surface area contributed by atoms with Gasteiger partial charge >= 0.3 is 5.97 Å². The topological polar surface area (TPSA) is 52.3 Å². The van der Waals surface area contributed by atoms with Gasteiger partial charge in [0.2, 0.25) is 0 Å². The normalized spacial score (nSPS) is 10.5. The van der Waals surface area contributed by atoms with Crippen LogP contribution in [0, 0.1) is 12.7 Å². The monoisotopic (exact) mass is 281 g/mol. The summed E-state index contributed by atoms with van der Waals surface area (Å²) in [5.41, 5.74) is 1.08. The molecule has 0 amide bonds. The second-order valence-electron chi connectivity index (χ2n) is 3.85. The van der Waals surface area contributed by atoms with Crippen LogP contribution in [-0.4, -0.2) is 18.2 Å². The number of hydrogen-bond acceptors (Lipinski definition) is 5. The summed E-state index contributed by atoms with van der Waals surface area (Å²) >= 11 is 1.31. The molecule has 1 aromatic heterocycles. The number of carbonyl (C=O) groups excluding carboxylic acids is 1. The van der Waals surface area contributed by atoms with Crippen molar-refractivity contribution in [2.75, 3.05) is 7.11 Å². The Kier molecular flexibility index (Phi) is 4.21. The van der Waals surface area contributed by atoms with E-state index in [0.717, 1.165) is 5.69 Å². The molecule has 0 aliphatic rings. The fraction of sp³-hybridized carbons (Fsp3) is 0.231. The van der Waals surface area contributed by atoms with Crippen molar-refractivity contribution in [1.82, 2.24) is 5.16 Å². The van der Waals surface area contributed by atoms with Crippen molar-refractivity contribution in [1.29, 1.82) is 0 Å². The molecule has 0 fully saturated rings. The van der Waals surface area contributed by atoms with Crippen LogP contribution in [0.2, 0.25) is 0 Å². The van der Waals surface area contributed by atoms with Gasteiger partial charge in [-0.15, -0.1) is 11.8 Å². The SMILES string of the molecule is COC(=O)c1ccc(F)cc1SCc1cc(C)on1. The second kappa shape index (κ2) is 5.88. The van der Waals surface area contributed by atoms with Crippen LogP contribution in [0.3, 0.4) is 0 Å². The van der Waals surface area contributed by atoms with Crippen LogP contribution in [0.4, 0.5) is 4.39 Å². The smallest absolute Gasteiger partial charge is 0.338 e. The number of aryl methyl sites for hydroxylation is 1. The van der Waals surface area contributed by atoms with Crippen molar-refractivity contribution in [3.63, 3.8) is 0 Å². The Hall–Kier alpha value is -1.82. The van der Waals surface area contributed by atoms with Crippen LogP contribution in [-0.2, 0) is 10.5 Å². The number of rotatable bonds is 4. The summed E-state index contributed by atoms with van der Waals surface area (Å²) in [5, 5.41) is 3.84. The molecule has 1 heterocycles. The van der Waals surface area contributed by atoms with Gasteiger partial charge in [-0.25, -0.2) is 9.18 Å². The van der Waals surface area contributed by atoms with Crippen LogP contribution in [0.1, 0.15) is 21.8 Å². The lowest BCUT2D eigenvalue weighted by molar-refractivity contribution is 0.0596. The van der Waals surface area contributed by atoms with Gasteiger partial charge in [-0.2, -0.15) is 0 Å². The summed E-state index contributed by atoms with van der Waals surface area (Å²) in [5.74, 6) is 0.318. The molecule has 0 bridgehead atoms. The maximum atomic E-state index is 13.2. The summed E-state index contributed by atoms with van der Waals surface area (Å²) in [7, 11) is 1.29. The fourth-order valence-corrected chi connectivity index (χ4v) is 2.47. The molecule has 0 unspecified atom stereocenters. The molecule has 0 saturated carbocycles. The van der Waals surface area contributed by atoms with Crippen LogP contribution in [0.25, 0.3) is 0 Å². The maximum Gasteiger partial charge on any atom is 0.338 e. The lowest BCUT2D eigenvalue weighted by Crippen LogP contribution is -2.03. The zero-order valence-corrected chi connectivity index (χ0v) is 11.3. The summed E-state index contributed by atoms with van der Waals surface area (Å²) in [6.45, 7) is 1.79. The zero-order valence-electron chi connectivity index (χ0n) is 10.5. The van der Waals surface area contributed by atoms with E-state index < -0.39 is 11.8 Å². The Morgan fingerprint density at radius 3 is 2.89 bits per heavy atom. The van der Waals surface area contributed by atoms with Gasteiger partial charge < -0.3 is 9.26 Å². The third-order valence-electron chi connectivity index (χ3n) is 2.40. The molecule has 1 aromatic carbocycles. The van der Waals surface area contributed by atoms with Gasteiger partial charge in [0.1, 0.15) is 11.6 Å². The first kappa shape index (κ1) is 13.6. The van der Waals surface area contributed by atoms with Crippen molar-refractivity contribution in [2.45, 2.75) is 17.6 Å². The third kappa shape index (κ3) is 3.35. The van der Waals surface area contributed by atoms with Gasteiger partial charge in [0, 0.05) is 16.7 Å². The van der Waals surface area contributed by atoms with Gasteiger partial charge in [0.15, 0.2) is 0 Å². The van der Waals surface area contributed by atoms with E-state index in [1.54, 1.807) is 13.0 Å². The minimum Gasteiger partial charge on any atom is -0.465 e. The van der Waals surface area contributed by atoms with E-state index in [0.29, 0.717) is 22.0 Å². The van der Waals surface area contributed by atoms with Gasteiger partial charge in [0.25, 0.3) is 0 Å². The summed E-state index contributed by atoms with van der Waals surface area (Å²) < 4.78 is 22.9. The van der Waals surface area contributed by atoms with Crippen molar-refractivity contribution in [2.24, 2.45) is 0 Å². The number of ether oxygens (including phenoxy) is 1. The van der Waals surface area contributed by atoms with Crippen molar-refractivity contribution >= 4 is 17.7 Å². The van der Waals surface area contributed by atoms with Crippen molar-refractivity contribution in [3.05, 3.63) is 47.1 Å². The molecular formula is C13H12FNO3S. The number of aromatic nitrogens is 1. The molecule has 0 saturated heterocycles. The Labute approximate surface area is 113 Å². The first-order chi connectivity index (χ1) is 9.10. The first-order valence-electron chi connectivity index (χ1n) is 5.53. The Morgan fingerprint density at radius 1 is 1.47 bits per heavy atom. The molecule has 0 aliphatic heterocycles. The number of halogens is 1. The predicted molar refractivity (Wildman–Crippen MR) is 68.5 cm³/mol. The highest BCUT2D eigenvalue weighted by Gasteiger charge is 2.14. The van der Waals surface area contributed by atoms with Gasteiger partial charge in [-0.1, -0.05) is 5.16 Å². The minimum atomic E-state index is -0.487. The van der Waals surface area contributed by atoms with Crippen molar-refractivity contribution in [3.8, 4) is 0 Å². The third-order valence-corrected chi connectivity index (χ3v) is 3.49. The highest BCUT2D eigenvalue weighted by molar-refractivity contribution is 7.98. The van der Waals surface area contributed by atoms with E-state index in [4.69, 9.17) is 4.52 Å². The molecule has 2 aromatic rings. The number of nitrogens with zero attached hydrogens (tertiary/aromatic N) is 1.